The normalized spacial score (nSPS) is 21.1. The van der Waals surface area contributed by atoms with Gasteiger partial charge in [0.1, 0.15) is 22.8 Å². The lowest BCUT2D eigenvalue weighted by Gasteiger charge is -2.32. The summed E-state index contributed by atoms with van der Waals surface area (Å²) >= 11 is 0. The van der Waals surface area contributed by atoms with Crippen LogP contribution in [0.3, 0.4) is 0 Å². The molecule has 4 N–H and O–H groups in total. The van der Waals surface area contributed by atoms with Gasteiger partial charge in [0.2, 0.25) is 17.7 Å². The van der Waals surface area contributed by atoms with Gasteiger partial charge in [0.25, 0.3) is 0 Å². The number of carbonyl (C=O) groups excluding carboxylic acids is 1. The number of fused-ring (bicyclic) bond motifs is 4. The molecule has 1 aromatic heterocycles. The van der Waals surface area contributed by atoms with Crippen LogP contribution in [0.5, 0.6) is 5.88 Å². The number of H-pyrrole nitrogens is 1. The van der Waals surface area contributed by atoms with E-state index in [9.17, 15) is 23.2 Å². The number of nitrogens with one attached hydrogen (secondary N) is 2. The number of anilines is 1. The van der Waals surface area contributed by atoms with E-state index >= 15 is 0 Å². The van der Waals surface area contributed by atoms with Crippen molar-refractivity contribution in [1.82, 2.24) is 10.2 Å². The minimum atomic E-state index is -4.85. The zero-order valence-corrected chi connectivity index (χ0v) is 13.2. The summed E-state index contributed by atoms with van der Waals surface area (Å²) in [7, 11) is 0. The molecule has 0 radical (unpaired) electrons. The molecule has 1 amide bonds. The summed E-state index contributed by atoms with van der Waals surface area (Å²) in [4.78, 5) is 13.0. The fourth-order valence-electron chi connectivity index (χ4n) is 3.47. The highest BCUT2D eigenvalue weighted by atomic mass is 19.4. The molecule has 2 aliphatic rings. The first-order valence-electron chi connectivity index (χ1n) is 7.38. The molecule has 10 heteroatoms. The van der Waals surface area contributed by atoms with Gasteiger partial charge < -0.3 is 15.8 Å². The Kier molecular flexibility index (Phi) is 2.95. The summed E-state index contributed by atoms with van der Waals surface area (Å²) in [6.45, 7) is 1.72. The molecule has 1 unspecified atom stereocenters. The second-order valence-corrected chi connectivity index (χ2v) is 5.98. The zero-order valence-electron chi connectivity index (χ0n) is 13.2. The number of ether oxygens (including phenoxy) is 1. The highest BCUT2D eigenvalue weighted by molar-refractivity contribution is 6.12. The smallest absolute Gasteiger partial charge is 0.420 e. The average Bonchev–Trinajstić information content (AvgIpc) is 3.09. The Balaban J connectivity index is 2.18. The van der Waals surface area contributed by atoms with E-state index in [2.05, 4.69) is 10.4 Å². The molecule has 0 bridgehead atoms. The van der Waals surface area contributed by atoms with Gasteiger partial charge in [-0.25, -0.2) is 0 Å². The quantitative estimate of drug-likeness (QED) is 0.664. The number of alkyl halides is 3. The monoisotopic (exact) mass is 361 g/mol. The van der Waals surface area contributed by atoms with Gasteiger partial charge in [-0.3, -0.25) is 9.89 Å². The van der Waals surface area contributed by atoms with Crippen LogP contribution in [0.15, 0.2) is 29.7 Å². The van der Waals surface area contributed by atoms with Gasteiger partial charge in [-0.05, 0) is 13.0 Å². The van der Waals surface area contributed by atoms with Crippen molar-refractivity contribution < 1.29 is 22.7 Å². The van der Waals surface area contributed by atoms with E-state index in [-0.39, 0.29) is 5.56 Å². The number of hydrogen-bond donors (Lipinski definition) is 3. The topological polar surface area (TPSA) is 117 Å². The van der Waals surface area contributed by atoms with E-state index in [0.717, 1.165) is 0 Å². The second kappa shape index (κ2) is 4.78. The fraction of sp³-hybridized carbons (Fsp3) is 0.188. The number of nitrogens with two attached hydrogens (primary N) is 1. The summed E-state index contributed by atoms with van der Waals surface area (Å²) in [6, 6.07) is 6.54. The third-order valence-electron chi connectivity index (χ3n) is 4.50. The van der Waals surface area contributed by atoms with Crippen LogP contribution < -0.4 is 15.8 Å². The maximum absolute atomic E-state index is 13.6. The van der Waals surface area contributed by atoms with Crippen molar-refractivity contribution >= 4 is 11.6 Å². The zero-order chi connectivity index (χ0) is 18.9. The van der Waals surface area contributed by atoms with Crippen molar-refractivity contribution in [3.63, 3.8) is 0 Å². The Labute approximate surface area is 144 Å². The number of carbonyl (C=O) groups is 1. The number of amides is 1. The molecular weight excluding hydrogens is 351 g/mol. The number of rotatable bonds is 0. The number of aromatic amines is 1. The van der Waals surface area contributed by atoms with E-state index in [4.69, 9.17) is 10.5 Å². The van der Waals surface area contributed by atoms with Gasteiger partial charge in [0.15, 0.2) is 0 Å². The van der Waals surface area contributed by atoms with Gasteiger partial charge >= 0.3 is 6.18 Å². The van der Waals surface area contributed by atoms with Crippen LogP contribution in [0.4, 0.5) is 18.9 Å². The Morgan fingerprint density at radius 1 is 1.38 bits per heavy atom. The van der Waals surface area contributed by atoms with Crippen LogP contribution in [0.25, 0.3) is 0 Å². The lowest BCUT2D eigenvalue weighted by molar-refractivity contribution is -0.142. The number of benzene rings is 1. The lowest BCUT2D eigenvalue weighted by Crippen LogP contribution is -2.43. The Morgan fingerprint density at radius 2 is 2.12 bits per heavy atom. The maximum atomic E-state index is 13.6. The van der Waals surface area contributed by atoms with Crippen molar-refractivity contribution in [2.24, 2.45) is 5.73 Å². The first kappa shape index (κ1) is 16.0. The molecule has 1 spiro atoms. The molecule has 1 aromatic carbocycles. The predicted octanol–water partition coefficient (Wildman–Crippen LogP) is 2.06. The maximum Gasteiger partial charge on any atom is 0.433 e. The van der Waals surface area contributed by atoms with Gasteiger partial charge in [-0.2, -0.15) is 18.4 Å². The Morgan fingerprint density at radius 3 is 2.77 bits per heavy atom. The molecule has 26 heavy (non-hydrogen) atoms. The SMILES string of the molecule is Cc1ccc2c(c1)C1(C(=O)N2)C(C#N)=C(N)Oc2n[nH]c(C(F)(F)F)c21. The van der Waals surface area contributed by atoms with Gasteiger partial charge in [0, 0.05) is 11.3 Å². The van der Waals surface area contributed by atoms with Crippen molar-refractivity contribution in [1.29, 1.82) is 5.26 Å². The van der Waals surface area contributed by atoms with Crippen LogP contribution in [0.2, 0.25) is 0 Å². The summed E-state index contributed by atoms with van der Waals surface area (Å²) < 4.78 is 45.8. The van der Waals surface area contributed by atoms with Crippen LogP contribution >= 0.6 is 0 Å². The van der Waals surface area contributed by atoms with E-state index in [0.29, 0.717) is 11.3 Å². The van der Waals surface area contributed by atoms with E-state index < -0.39 is 46.1 Å². The Hall–Kier alpha value is -3.48. The first-order chi connectivity index (χ1) is 12.2. The van der Waals surface area contributed by atoms with Gasteiger partial charge in [0.05, 0.1) is 5.56 Å². The molecular formula is C16H10F3N5O2. The Bertz CT molecular complexity index is 1050. The minimum absolute atomic E-state index is 0.193. The van der Waals surface area contributed by atoms with Crippen LogP contribution in [-0.2, 0) is 16.4 Å². The van der Waals surface area contributed by atoms with Crippen LogP contribution in [0.1, 0.15) is 22.4 Å². The molecule has 0 saturated heterocycles. The number of nitriles is 1. The van der Waals surface area contributed by atoms with Gasteiger partial charge in [-0.1, -0.05) is 17.7 Å². The number of nitrogens with zero attached hydrogens (tertiary/aromatic N) is 2. The van der Waals surface area contributed by atoms with Crippen molar-refractivity contribution in [2.75, 3.05) is 5.32 Å². The largest absolute Gasteiger partial charge is 0.433 e. The average molecular weight is 361 g/mol. The fourth-order valence-corrected chi connectivity index (χ4v) is 3.47. The molecule has 0 fully saturated rings. The van der Waals surface area contributed by atoms with E-state index in [1.165, 1.54) is 0 Å². The minimum Gasteiger partial charge on any atom is -0.420 e. The lowest BCUT2D eigenvalue weighted by atomic mass is 9.68. The summed E-state index contributed by atoms with van der Waals surface area (Å²) in [5.74, 6) is -1.78. The van der Waals surface area contributed by atoms with Crippen molar-refractivity contribution in [3.05, 3.63) is 52.0 Å². The summed E-state index contributed by atoms with van der Waals surface area (Å²) in [5, 5.41) is 17.5. The predicted molar refractivity (Wildman–Crippen MR) is 81.6 cm³/mol. The van der Waals surface area contributed by atoms with E-state index in [1.807, 2.05) is 5.10 Å². The third-order valence-corrected chi connectivity index (χ3v) is 4.50. The summed E-state index contributed by atoms with van der Waals surface area (Å²) in [6.07, 6.45) is -4.85. The summed E-state index contributed by atoms with van der Waals surface area (Å²) in [5.41, 5.74) is 2.59. The molecule has 0 aliphatic carbocycles. The highest BCUT2D eigenvalue weighted by Gasteiger charge is 2.61. The standard InChI is InChI=1S/C16H10F3N5O2/c1-6-2-3-9-7(4-6)15(14(25)22-9)8(5-20)12(21)26-13-10(15)11(23-24-13)16(17,18)19/h2-4H,21H2,1H3,(H,22,25)(H,23,24). The van der Waals surface area contributed by atoms with Crippen molar-refractivity contribution in [2.45, 2.75) is 18.5 Å². The molecule has 1 atom stereocenters. The van der Waals surface area contributed by atoms with Crippen molar-refractivity contribution in [3.8, 4) is 11.9 Å². The number of hydrogen-bond acceptors (Lipinski definition) is 5. The van der Waals surface area contributed by atoms with Crippen LogP contribution in [0, 0.1) is 18.3 Å². The van der Waals surface area contributed by atoms with Gasteiger partial charge in [-0.15, -0.1) is 5.10 Å². The van der Waals surface area contributed by atoms with E-state index in [1.54, 1.807) is 31.2 Å². The first-order valence-corrected chi connectivity index (χ1v) is 7.38. The number of aromatic nitrogens is 2. The third kappa shape index (κ3) is 1.77. The highest BCUT2D eigenvalue weighted by Crippen LogP contribution is 2.55. The molecule has 2 aliphatic heterocycles. The molecule has 3 heterocycles. The molecule has 0 saturated carbocycles. The molecule has 132 valence electrons. The number of halogens is 3. The number of aryl methyl sites for hydroxylation is 1. The molecule has 7 nitrogen and oxygen atoms in total. The molecule has 2 aromatic rings. The second-order valence-electron chi connectivity index (χ2n) is 5.98. The molecule has 4 rings (SSSR count). The van der Waals surface area contributed by atoms with Crippen LogP contribution in [-0.4, -0.2) is 16.1 Å².